The van der Waals surface area contributed by atoms with E-state index in [2.05, 4.69) is 19.2 Å². The van der Waals surface area contributed by atoms with E-state index in [1.807, 2.05) is 31.2 Å². The first kappa shape index (κ1) is 14.0. The van der Waals surface area contributed by atoms with E-state index in [0.717, 1.165) is 17.7 Å². The molecule has 0 fully saturated rings. The topological polar surface area (TPSA) is 41.5 Å². The molecule has 0 aromatic heterocycles. The highest BCUT2D eigenvalue weighted by Crippen LogP contribution is 2.12. The van der Waals surface area contributed by atoms with Crippen molar-refractivity contribution < 1.29 is 9.84 Å². The fraction of sp³-hybridized carbons (Fsp3) is 0.571. The Balaban J connectivity index is 2.26. The predicted octanol–water partition coefficient (Wildman–Crippen LogP) is 2.12. The van der Waals surface area contributed by atoms with Crippen LogP contribution in [-0.2, 0) is 0 Å². The Bertz CT molecular complexity index is 328. The summed E-state index contributed by atoms with van der Waals surface area (Å²) in [6.45, 7) is 7.14. The lowest BCUT2D eigenvalue weighted by Gasteiger charge is -2.16. The van der Waals surface area contributed by atoms with Gasteiger partial charge in [-0.2, -0.15) is 0 Å². The molecule has 0 aliphatic rings. The van der Waals surface area contributed by atoms with Gasteiger partial charge in [-0.1, -0.05) is 19.1 Å². The molecule has 0 saturated heterocycles. The van der Waals surface area contributed by atoms with Crippen LogP contribution in [0.15, 0.2) is 24.3 Å². The highest BCUT2D eigenvalue weighted by atomic mass is 16.5. The van der Waals surface area contributed by atoms with E-state index in [0.29, 0.717) is 19.2 Å². The molecule has 0 aliphatic carbocycles. The number of hydrogen-bond acceptors (Lipinski definition) is 3. The van der Waals surface area contributed by atoms with E-state index in [1.54, 1.807) is 0 Å². The molecule has 17 heavy (non-hydrogen) atoms. The van der Waals surface area contributed by atoms with E-state index >= 15 is 0 Å². The molecule has 0 radical (unpaired) electrons. The molecule has 0 saturated carbocycles. The smallest absolute Gasteiger partial charge is 0.119 e. The summed E-state index contributed by atoms with van der Waals surface area (Å²) in [5.41, 5.74) is 1.16. The predicted molar refractivity (Wildman–Crippen MR) is 70.4 cm³/mol. The molecule has 0 amide bonds. The lowest BCUT2D eigenvalue weighted by Crippen LogP contribution is -2.36. The minimum absolute atomic E-state index is 0.326. The van der Waals surface area contributed by atoms with Crippen molar-refractivity contribution in [3.05, 3.63) is 29.8 Å². The number of aryl methyl sites for hydroxylation is 1. The van der Waals surface area contributed by atoms with Crippen LogP contribution >= 0.6 is 0 Å². The molecular formula is C14H23NO2. The van der Waals surface area contributed by atoms with Crippen LogP contribution in [0.5, 0.6) is 5.75 Å². The summed E-state index contributed by atoms with van der Waals surface area (Å²) in [4.78, 5) is 0. The molecule has 1 aromatic rings. The Morgan fingerprint density at radius 1 is 1.41 bits per heavy atom. The van der Waals surface area contributed by atoms with Crippen LogP contribution in [0.4, 0.5) is 0 Å². The van der Waals surface area contributed by atoms with Crippen LogP contribution in [0.3, 0.4) is 0 Å². The van der Waals surface area contributed by atoms with Gasteiger partial charge in [-0.25, -0.2) is 0 Å². The number of hydrogen-bond donors (Lipinski definition) is 2. The summed E-state index contributed by atoms with van der Waals surface area (Å²) in [5.74, 6) is 0.813. The summed E-state index contributed by atoms with van der Waals surface area (Å²) in [7, 11) is 0. The second-order valence-electron chi connectivity index (χ2n) is 4.50. The Morgan fingerprint density at radius 3 is 2.82 bits per heavy atom. The van der Waals surface area contributed by atoms with E-state index in [9.17, 15) is 5.11 Å². The first-order chi connectivity index (χ1) is 8.11. The Morgan fingerprint density at radius 2 is 2.18 bits per heavy atom. The van der Waals surface area contributed by atoms with Gasteiger partial charge in [0.25, 0.3) is 0 Å². The van der Waals surface area contributed by atoms with Crippen LogP contribution < -0.4 is 10.1 Å². The van der Waals surface area contributed by atoms with E-state index in [4.69, 9.17) is 4.74 Å². The van der Waals surface area contributed by atoms with Gasteiger partial charge in [0.15, 0.2) is 0 Å². The molecule has 1 rings (SSSR count). The molecule has 0 aliphatic heterocycles. The van der Waals surface area contributed by atoms with Crippen molar-refractivity contribution in [3.8, 4) is 5.75 Å². The van der Waals surface area contributed by atoms with Gasteiger partial charge in [-0.15, -0.1) is 0 Å². The average Bonchev–Trinajstić information content (AvgIpc) is 2.33. The minimum atomic E-state index is -0.468. The summed E-state index contributed by atoms with van der Waals surface area (Å²) in [6.07, 6.45) is 0.593. The molecule has 0 bridgehead atoms. The van der Waals surface area contributed by atoms with E-state index in [1.165, 1.54) is 0 Å². The van der Waals surface area contributed by atoms with Crippen molar-refractivity contribution in [2.24, 2.45) is 0 Å². The quantitative estimate of drug-likeness (QED) is 0.763. The van der Waals surface area contributed by atoms with Crippen LogP contribution in [0.1, 0.15) is 25.8 Å². The summed E-state index contributed by atoms with van der Waals surface area (Å²) in [5, 5.41) is 13.0. The molecule has 2 atom stereocenters. The number of rotatable bonds is 7. The largest absolute Gasteiger partial charge is 0.491 e. The molecule has 2 N–H and O–H groups in total. The standard InChI is InChI=1S/C14H23NO2/c1-4-12(3)15-9-13(16)10-17-14-7-5-6-11(2)8-14/h5-8,12-13,15-16H,4,9-10H2,1-3H3. The Kier molecular flexibility index (Phi) is 6.01. The third-order valence-corrected chi connectivity index (χ3v) is 2.75. The minimum Gasteiger partial charge on any atom is -0.491 e. The maximum absolute atomic E-state index is 9.74. The third kappa shape index (κ3) is 5.71. The van der Waals surface area contributed by atoms with Crippen LogP contribution in [-0.4, -0.2) is 30.4 Å². The second-order valence-corrected chi connectivity index (χ2v) is 4.50. The molecule has 96 valence electrons. The number of benzene rings is 1. The van der Waals surface area contributed by atoms with Crippen molar-refractivity contribution in [1.29, 1.82) is 0 Å². The van der Waals surface area contributed by atoms with Crippen molar-refractivity contribution in [1.82, 2.24) is 5.32 Å². The normalized spacial score (nSPS) is 14.4. The lowest BCUT2D eigenvalue weighted by atomic mass is 10.2. The van der Waals surface area contributed by atoms with E-state index in [-0.39, 0.29) is 0 Å². The van der Waals surface area contributed by atoms with Crippen molar-refractivity contribution in [2.45, 2.75) is 39.3 Å². The van der Waals surface area contributed by atoms with Gasteiger partial charge in [-0.3, -0.25) is 0 Å². The first-order valence-electron chi connectivity index (χ1n) is 6.22. The monoisotopic (exact) mass is 237 g/mol. The maximum atomic E-state index is 9.74. The molecule has 1 aromatic carbocycles. The summed E-state index contributed by atoms with van der Waals surface area (Å²) >= 11 is 0. The zero-order chi connectivity index (χ0) is 12.7. The molecular weight excluding hydrogens is 214 g/mol. The number of ether oxygens (including phenoxy) is 1. The average molecular weight is 237 g/mol. The Labute approximate surface area is 104 Å². The molecule has 0 spiro atoms. The lowest BCUT2D eigenvalue weighted by molar-refractivity contribution is 0.104. The van der Waals surface area contributed by atoms with E-state index < -0.39 is 6.10 Å². The number of aliphatic hydroxyl groups is 1. The van der Waals surface area contributed by atoms with Crippen LogP contribution in [0.2, 0.25) is 0 Å². The highest BCUT2D eigenvalue weighted by molar-refractivity contribution is 5.27. The fourth-order valence-corrected chi connectivity index (χ4v) is 1.44. The van der Waals surface area contributed by atoms with Gasteiger partial charge in [0.1, 0.15) is 18.5 Å². The molecule has 3 heteroatoms. The number of nitrogens with one attached hydrogen (secondary N) is 1. The summed E-state index contributed by atoms with van der Waals surface area (Å²) < 4.78 is 5.52. The SMILES string of the molecule is CCC(C)NCC(O)COc1cccc(C)c1. The first-order valence-corrected chi connectivity index (χ1v) is 6.22. The Hall–Kier alpha value is -1.06. The molecule has 3 nitrogen and oxygen atoms in total. The van der Waals surface area contributed by atoms with Crippen molar-refractivity contribution in [3.63, 3.8) is 0 Å². The van der Waals surface area contributed by atoms with Crippen LogP contribution in [0.25, 0.3) is 0 Å². The van der Waals surface area contributed by atoms with Gasteiger partial charge in [0.2, 0.25) is 0 Å². The zero-order valence-electron chi connectivity index (χ0n) is 10.9. The fourth-order valence-electron chi connectivity index (χ4n) is 1.44. The van der Waals surface area contributed by atoms with Crippen molar-refractivity contribution >= 4 is 0 Å². The van der Waals surface area contributed by atoms with Crippen molar-refractivity contribution in [2.75, 3.05) is 13.2 Å². The van der Waals surface area contributed by atoms with Crippen LogP contribution in [0, 0.1) is 6.92 Å². The molecule has 0 heterocycles. The van der Waals surface area contributed by atoms with Gasteiger partial charge >= 0.3 is 0 Å². The number of aliphatic hydroxyl groups excluding tert-OH is 1. The van der Waals surface area contributed by atoms with Gasteiger partial charge in [-0.05, 0) is 38.0 Å². The molecule has 2 unspecified atom stereocenters. The maximum Gasteiger partial charge on any atom is 0.119 e. The van der Waals surface area contributed by atoms with Gasteiger partial charge in [0.05, 0.1) is 0 Å². The summed E-state index contributed by atoms with van der Waals surface area (Å²) in [6, 6.07) is 8.28. The van der Waals surface area contributed by atoms with Gasteiger partial charge < -0.3 is 15.2 Å². The third-order valence-electron chi connectivity index (χ3n) is 2.75. The highest BCUT2D eigenvalue weighted by Gasteiger charge is 2.06. The zero-order valence-corrected chi connectivity index (χ0v) is 10.9. The second kappa shape index (κ2) is 7.30. The van der Waals surface area contributed by atoms with Gasteiger partial charge in [0, 0.05) is 12.6 Å².